The minimum absolute atomic E-state index is 0.0570. The van der Waals surface area contributed by atoms with Gasteiger partial charge in [-0.25, -0.2) is 17.5 Å². The molecule has 0 aromatic carbocycles. The standard InChI is InChI=1S/C13H24N2O5S/c1-3-5-11(13(17)18)14-12(16)10-6-8-15(9-7-10)21(19,20)4-2/h10-11H,3-9H2,1-2H3,(H,14,16)(H,17,18)/t11-/m0/s1. The fraction of sp³-hybridized carbons (Fsp3) is 0.846. The Hall–Kier alpha value is -1.15. The molecule has 122 valence electrons. The Labute approximate surface area is 125 Å². The lowest BCUT2D eigenvalue weighted by molar-refractivity contribution is -0.142. The number of carboxylic acids is 1. The highest BCUT2D eigenvalue weighted by atomic mass is 32.2. The fourth-order valence-electron chi connectivity index (χ4n) is 2.41. The van der Waals surface area contributed by atoms with Crippen molar-refractivity contribution in [2.75, 3.05) is 18.8 Å². The SMILES string of the molecule is CCC[C@H](NC(=O)C1CCN(S(=O)(=O)CC)CC1)C(=O)O. The van der Waals surface area contributed by atoms with Crippen LogP contribution in [0.2, 0.25) is 0 Å². The van der Waals surface area contributed by atoms with Crippen LogP contribution in [0.5, 0.6) is 0 Å². The topological polar surface area (TPSA) is 104 Å². The normalized spacial score (nSPS) is 19.1. The summed E-state index contributed by atoms with van der Waals surface area (Å²) in [5.74, 6) is -1.57. The van der Waals surface area contributed by atoms with Crippen LogP contribution in [0.3, 0.4) is 0 Å². The van der Waals surface area contributed by atoms with E-state index >= 15 is 0 Å². The highest BCUT2D eigenvalue weighted by Gasteiger charge is 2.31. The number of carbonyl (C=O) groups excluding carboxylic acids is 1. The lowest BCUT2D eigenvalue weighted by Gasteiger charge is -2.30. The van der Waals surface area contributed by atoms with Gasteiger partial charge in [-0.1, -0.05) is 13.3 Å². The van der Waals surface area contributed by atoms with Gasteiger partial charge in [-0.05, 0) is 26.2 Å². The third kappa shape index (κ3) is 4.96. The number of piperidine rings is 1. The lowest BCUT2D eigenvalue weighted by Crippen LogP contribution is -2.47. The summed E-state index contributed by atoms with van der Waals surface area (Å²) in [4.78, 5) is 23.1. The molecule has 0 aromatic rings. The van der Waals surface area contributed by atoms with Crippen LogP contribution in [0, 0.1) is 5.92 Å². The van der Waals surface area contributed by atoms with E-state index in [0.29, 0.717) is 38.8 Å². The van der Waals surface area contributed by atoms with Crippen LogP contribution in [0.1, 0.15) is 39.5 Å². The van der Waals surface area contributed by atoms with E-state index in [1.54, 1.807) is 6.92 Å². The first-order chi connectivity index (χ1) is 9.81. The predicted octanol–water partition coefficient (Wildman–Crippen LogP) is 0.418. The van der Waals surface area contributed by atoms with Gasteiger partial charge in [-0.15, -0.1) is 0 Å². The molecule has 0 unspecified atom stereocenters. The summed E-state index contributed by atoms with van der Waals surface area (Å²) in [6, 6.07) is -0.861. The molecule has 0 bridgehead atoms. The number of hydrogen-bond donors (Lipinski definition) is 2. The molecule has 1 atom stereocenters. The number of hydrogen-bond acceptors (Lipinski definition) is 4. The molecule has 7 nitrogen and oxygen atoms in total. The maximum Gasteiger partial charge on any atom is 0.326 e. The van der Waals surface area contributed by atoms with Crippen molar-refractivity contribution < 1.29 is 23.1 Å². The fourth-order valence-corrected chi connectivity index (χ4v) is 3.55. The van der Waals surface area contributed by atoms with Gasteiger partial charge in [-0.2, -0.15) is 0 Å². The molecule has 1 saturated heterocycles. The zero-order valence-electron chi connectivity index (χ0n) is 12.5. The summed E-state index contributed by atoms with van der Waals surface area (Å²) in [6.45, 7) is 4.09. The third-order valence-corrected chi connectivity index (χ3v) is 5.66. The van der Waals surface area contributed by atoms with E-state index in [1.165, 1.54) is 4.31 Å². The van der Waals surface area contributed by atoms with E-state index in [2.05, 4.69) is 5.32 Å². The minimum atomic E-state index is -3.21. The lowest BCUT2D eigenvalue weighted by atomic mass is 9.96. The second-order valence-electron chi connectivity index (χ2n) is 5.26. The first-order valence-corrected chi connectivity index (χ1v) is 8.93. The molecule has 1 heterocycles. The number of carbonyl (C=O) groups is 2. The number of aliphatic carboxylic acids is 1. The number of rotatable bonds is 7. The quantitative estimate of drug-likeness (QED) is 0.707. The molecule has 1 amide bonds. The average Bonchev–Trinajstić information content (AvgIpc) is 2.46. The molecule has 0 aromatic heterocycles. The first-order valence-electron chi connectivity index (χ1n) is 7.32. The van der Waals surface area contributed by atoms with Crippen LogP contribution < -0.4 is 5.32 Å². The van der Waals surface area contributed by atoms with Gasteiger partial charge < -0.3 is 10.4 Å². The highest BCUT2D eigenvalue weighted by Crippen LogP contribution is 2.20. The Balaban J connectivity index is 2.54. The van der Waals surface area contributed by atoms with E-state index in [1.807, 2.05) is 6.92 Å². The molecule has 0 saturated carbocycles. The number of amides is 1. The van der Waals surface area contributed by atoms with Crippen LogP contribution in [0.15, 0.2) is 0 Å². The summed E-state index contributed by atoms with van der Waals surface area (Å²) >= 11 is 0. The van der Waals surface area contributed by atoms with Gasteiger partial charge in [0, 0.05) is 19.0 Å². The van der Waals surface area contributed by atoms with Crippen molar-refractivity contribution >= 4 is 21.9 Å². The van der Waals surface area contributed by atoms with E-state index in [4.69, 9.17) is 5.11 Å². The Morgan fingerprint density at radius 2 is 1.86 bits per heavy atom. The van der Waals surface area contributed by atoms with Crippen molar-refractivity contribution in [3.63, 3.8) is 0 Å². The maximum absolute atomic E-state index is 12.1. The Bertz CT molecular complexity index is 469. The molecule has 0 spiro atoms. The number of carboxylic acid groups (broad SMARTS) is 1. The molecule has 21 heavy (non-hydrogen) atoms. The van der Waals surface area contributed by atoms with Crippen molar-refractivity contribution in [1.29, 1.82) is 0 Å². The second-order valence-corrected chi connectivity index (χ2v) is 7.52. The number of nitrogens with one attached hydrogen (secondary N) is 1. The largest absolute Gasteiger partial charge is 0.480 e. The molecule has 8 heteroatoms. The van der Waals surface area contributed by atoms with Gasteiger partial charge in [0.15, 0.2) is 0 Å². The predicted molar refractivity (Wildman–Crippen MR) is 78.2 cm³/mol. The summed E-state index contributed by atoms with van der Waals surface area (Å²) in [7, 11) is -3.21. The van der Waals surface area contributed by atoms with Crippen LogP contribution in [0.4, 0.5) is 0 Å². The van der Waals surface area contributed by atoms with E-state index in [-0.39, 0.29) is 17.6 Å². The molecule has 0 radical (unpaired) electrons. The average molecular weight is 320 g/mol. The van der Waals surface area contributed by atoms with Crippen LogP contribution >= 0.6 is 0 Å². The number of sulfonamides is 1. The van der Waals surface area contributed by atoms with E-state index < -0.39 is 22.0 Å². The van der Waals surface area contributed by atoms with Gasteiger partial charge >= 0.3 is 5.97 Å². The first kappa shape index (κ1) is 17.9. The number of nitrogens with zero attached hydrogens (tertiary/aromatic N) is 1. The summed E-state index contributed by atoms with van der Waals surface area (Å²) in [5, 5.41) is 11.6. The van der Waals surface area contributed by atoms with Gasteiger partial charge in [0.05, 0.1) is 5.75 Å². The highest BCUT2D eigenvalue weighted by molar-refractivity contribution is 7.89. The molecule has 1 fully saturated rings. The van der Waals surface area contributed by atoms with Crippen molar-refractivity contribution in [3.05, 3.63) is 0 Å². The monoisotopic (exact) mass is 320 g/mol. The van der Waals surface area contributed by atoms with Gasteiger partial charge in [0.2, 0.25) is 15.9 Å². The van der Waals surface area contributed by atoms with E-state index in [0.717, 1.165) is 0 Å². The molecular formula is C13H24N2O5S. The molecular weight excluding hydrogens is 296 g/mol. The van der Waals surface area contributed by atoms with Crippen LogP contribution in [-0.2, 0) is 19.6 Å². The smallest absolute Gasteiger partial charge is 0.326 e. The van der Waals surface area contributed by atoms with Crippen molar-refractivity contribution in [2.45, 2.75) is 45.6 Å². The Morgan fingerprint density at radius 3 is 2.29 bits per heavy atom. The zero-order valence-corrected chi connectivity index (χ0v) is 13.4. The maximum atomic E-state index is 12.1. The van der Waals surface area contributed by atoms with Crippen molar-refractivity contribution in [2.24, 2.45) is 5.92 Å². The van der Waals surface area contributed by atoms with Crippen LogP contribution in [-0.4, -0.2) is 54.6 Å². The minimum Gasteiger partial charge on any atom is -0.480 e. The molecule has 1 rings (SSSR count). The molecule has 0 aliphatic carbocycles. The Kier molecular flexibility index (Phi) is 6.60. The van der Waals surface area contributed by atoms with Gasteiger partial charge in [0.25, 0.3) is 0 Å². The van der Waals surface area contributed by atoms with Crippen molar-refractivity contribution in [3.8, 4) is 0 Å². The van der Waals surface area contributed by atoms with E-state index in [9.17, 15) is 18.0 Å². The van der Waals surface area contributed by atoms with Gasteiger partial charge in [-0.3, -0.25) is 4.79 Å². The summed E-state index contributed by atoms with van der Waals surface area (Å²) in [6.07, 6.45) is 1.93. The molecule has 2 N–H and O–H groups in total. The van der Waals surface area contributed by atoms with Crippen molar-refractivity contribution in [1.82, 2.24) is 9.62 Å². The molecule has 1 aliphatic rings. The Morgan fingerprint density at radius 1 is 1.29 bits per heavy atom. The van der Waals surface area contributed by atoms with Gasteiger partial charge in [0.1, 0.15) is 6.04 Å². The van der Waals surface area contributed by atoms with Crippen LogP contribution in [0.25, 0.3) is 0 Å². The summed E-state index contributed by atoms with van der Waals surface area (Å²) in [5.41, 5.74) is 0. The summed E-state index contributed by atoms with van der Waals surface area (Å²) < 4.78 is 24.9. The molecule has 1 aliphatic heterocycles. The third-order valence-electron chi connectivity index (χ3n) is 3.77. The second kappa shape index (κ2) is 7.74. The zero-order chi connectivity index (χ0) is 16.0.